The molecule has 0 fully saturated rings. The van der Waals surface area contributed by atoms with Crippen molar-refractivity contribution in [1.29, 1.82) is 0 Å². The summed E-state index contributed by atoms with van der Waals surface area (Å²) in [6, 6.07) is 20.3. The molecule has 1 amide bonds. The molecule has 0 unspecified atom stereocenters. The van der Waals surface area contributed by atoms with Crippen molar-refractivity contribution >= 4 is 107 Å². The molecule has 0 aliphatic carbocycles. The number of ether oxygens (including phenoxy) is 1. The maximum Gasteiger partial charge on any atom is 0.345 e. The molecule has 1 heterocycles. The van der Waals surface area contributed by atoms with E-state index < -0.39 is 11.9 Å². The summed E-state index contributed by atoms with van der Waals surface area (Å²) < 4.78 is 6.81. The molecule has 0 aliphatic heterocycles. The van der Waals surface area contributed by atoms with Gasteiger partial charge >= 0.3 is 5.97 Å². The zero-order valence-electron chi connectivity index (χ0n) is 20.4. The highest BCUT2D eigenvalue weighted by Crippen LogP contribution is 2.41. The van der Waals surface area contributed by atoms with Crippen molar-refractivity contribution in [3.8, 4) is 16.9 Å². The van der Waals surface area contributed by atoms with Gasteiger partial charge in [0.15, 0.2) is 5.75 Å². The van der Waals surface area contributed by atoms with Crippen LogP contribution < -0.4 is 10.2 Å². The van der Waals surface area contributed by atoms with Crippen molar-refractivity contribution < 1.29 is 14.3 Å². The molecule has 2 N–H and O–H groups in total. The quantitative estimate of drug-likeness (QED) is 0.0784. The molecule has 206 valence electrons. The second-order valence-corrected chi connectivity index (χ2v) is 12.0. The minimum atomic E-state index is -0.657. The largest absolute Gasteiger partial charge is 0.421 e. The number of fused-ring (bicyclic) bond motifs is 1. The van der Waals surface area contributed by atoms with Gasteiger partial charge in [-0.25, -0.2) is 10.2 Å². The number of rotatable bonds is 6. The smallest absolute Gasteiger partial charge is 0.345 e. The molecule has 5 rings (SSSR count). The minimum Gasteiger partial charge on any atom is -0.421 e. The molecular weight excluding hydrogens is 740 g/mol. The summed E-state index contributed by atoms with van der Waals surface area (Å²) in [5, 5.41) is 6.15. The van der Waals surface area contributed by atoms with Crippen molar-refractivity contribution in [3.05, 3.63) is 119 Å². The van der Waals surface area contributed by atoms with E-state index in [-0.39, 0.29) is 22.0 Å². The molecule has 0 saturated carbocycles. The molecule has 0 saturated heterocycles. The van der Waals surface area contributed by atoms with E-state index in [0.29, 0.717) is 51.6 Å². The van der Waals surface area contributed by atoms with Crippen LogP contribution in [0.3, 0.4) is 0 Å². The van der Waals surface area contributed by atoms with Crippen molar-refractivity contribution in [2.75, 3.05) is 0 Å². The van der Waals surface area contributed by atoms with Gasteiger partial charge in [0.05, 0.1) is 26.3 Å². The predicted molar refractivity (Wildman–Crippen MR) is 172 cm³/mol. The normalized spacial score (nSPS) is 11.3. The van der Waals surface area contributed by atoms with Gasteiger partial charge in [0.25, 0.3) is 5.91 Å². The van der Waals surface area contributed by atoms with Crippen LogP contribution in [0.4, 0.5) is 0 Å². The molecular formula is C29H15Br2Cl4N3O3. The lowest BCUT2D eigenvalue weighted by Gasteiger charge is -2.11. The van der Waals surface area contributed by atoms with Gasteiger partial charge in [-0.2, -0.15) is 5.10 Å². The minimum absolute atomic E-state index is 0.176. The van der Waals surface area contributed by atoms with Gasteiger partial charge in [-0.1, -0.05) is 92.7 Å². The van der Waals surface area contributed by atoms with Crippen LogP contribution in [0.2, 0.25) is 20.1 Å². The number of carbonyl (C=O) groups excluding carboxylic acids is 2. The molecule has 0 radical (unpaired) electrons. The molecule has 0 aliphatic rings. The van der Waals surface area contributed by atoms with Gasteiger partial charge in [-0.05, 0) is 58.4 Å². The first-order valence-electron chi connectivity index (χ1n) is 11.7. The van der Waals surface area contributed by atoms with Crippen LogP contribution in [0, 0.1) is 0 Å². The van der Waals surface area contributed by atoms with Gasteiger partial charge in [0.2, 0.25) is 0 Å². The highest BCUT2D eigenvalue weighted by atomic mass is 79.9. The maximum atomic E-state index is 13.4. The number of carbonyl (C=O) groups is 2. The third kappa shape index (κ3) is 6.33. The lowest BCUT2D eigenvalue weighted by molar-refractivity contribution is 0.0733. The highest BCUT2D eigenvalue weighted by Gasteiger charge is 2.23. The van der Waals surface area contributed by atoms with Gasteiger partial charge in [-0.3, -0.25) is 4.79 Å². The van der Waals surface area contributed by atoms with Crippen LogP contribution in [0.5, 0.6) is 5.75 Å². The Morgan fingerprint density at radius 2 is 1.59 bits per heavy atom. The topological polar surface area (TPSA) is 83.5 Å². The number of hydrogen-bond donors (Lipinski definition) is 2. The van der Waals surface area contributed by atoms with Crippen LogP contribution in [0.25, 0.3) is 22.0 Å². The summed E-state index contributed by atoms with van der Waals surface area (Å²) in [4.78, 5) is 29.4. The Balaban J connectivity index is 1.49. The average Bonchev–Trinajstić information content (AvgIpc) is 3.30. The first-order chi connectivity index (χ1) is 19.6. The number of amides is 1. The molecule has 6 nitrogen and oxygen atoms in total. The number of hydrogen-bond acceptors (Lipinski definition) is 4. The lowest BCUT2D eigenvalue weighted by atomic mass is 10.0. The molecule has 1 aromatic heterocycles. The fourth-order valence-electron chi connectivity index (χ4n) is 4.13. The van der Waals surface area contributed by atoms with Gasteiger partial charge in [-0.15, -0.1) is 0 Å². The fourth-order valence-corrected chi connectivity index (χ4v) is 6.50. The first kappa shape index (κ1) is 29.6. The van der Waals surface area contributed by atoms with Gasteiger partial charge in [0.1, 0.15) is 5.69 Å². The number of nitrogens with zero attached hydrogens (tertiary/aromatic N) is 1. The number of H-pyrrole nitrogens is 1. The number of hydrazone groups is 1. The lowest BCUT2D eigenvalue weighted by Crippen LogP contribution is -2.19. The van der Waals surface area contributed by atoms with Crippen molar-refractivity contribution in [2.24, 2.45) is 5.10 Å². The van der Waals surface area contributed by atoms with Gasteiger partial charge < -0.3 is 9.72 Å². The average molecular weight is 755 g/mol. The maximum absolute atomic E-state index is 13.4. The summed E-state index contributed by atoms with van der Waals surface area (Å²) in [6.07, 6.45) is 1.35. The Morgan fingerprint density at radius 1 is 0.878 bits per heavy atom. The number of nitrogens with one attached hydrogen (secondary N) is 2. The number of benzene rings is 4. The molecule has 12 heteroatoms. The van der Waals surface area contributed by atoms with E-state index in [2.05, 4.69) is 47.4 Å². The van der Waals surface area contributed by atoms with E-state index >= 15 is 0 Å². The van der Waals surface area contributed by atoms with Crippen LogP contribution in [-0.4, -0.2) is 23.1 Å². The van der Waals surface area contributed by atoms with E-state index in [1.54, 1.807) is 72.8 Å². The predicted octanol–water partition coefficient (Wildman–Crippen LogP) is 9.96. The first-order valence-corrected chi connectivity index (χ1v) is 14.8. The van der Waals surface area contributed by atoms with Crippen molar-refractivity contribution in [1.82, 2.24) is 10.4 Å². The van der Waals surface area contributed by atoms with Gasteiger partial charge in [0, 0.05) is 42.1 Å². The number of aromatic amines is 1. The SMILES string of the molecule is O=C(Oc1c(Br)cc(Br)cc1C=NNC(=O)c1[nH]c2cc(Cl)cc(Cl)c2c1-c1ccccc1Cl)c1ccccc1Cl. The molecule has 0 atom stereocenters. The zero-order chi connectivity index (χ0) is 29.3. The van der Waals surface area contributed by atoms with Crippen molar-refractivity contribution in [2.45, 2.75) is 0 Å². The Kier molecular flexibility index (Phi) is 9.09. The van der Waals surface area contributed by atoms with Crippen LogP contribution in [0.1, 0.15) is 26.4 Å². The van der Waals surface area contributed by atoms with E-state index in [1.165, 1.54) is 6.21 Å². The Morgan fingerprint density at radius 3 is 2.32 bits per heavy atom. The number of halogens is 6. The molecule has 5 aromatic rings. The summed E-state index contributed by atoms with van der Waals surface area (Å²) in [6.45, 7) is 0. The highest BCUT2D eigenvalue weighted by molar-refractivity contribution is 9.11. The Bertz CT molecular complexity index is 1870. The van der Waals surface area contributed by atoms with Crippen LogP contribution in [-0.2, 0) is 0 Å². The van der Waals surface area contributed by atoms with E-state index in [0.717, 1.165) is 0 Å². The summed E-state index contributed by atoms with van der Waals surface area (Å²) in [5.41, 5.74) is 4.94. The third-order valence-electron chi connectivity index (χ3n) is 5.88. The number of esters is 1. The molecule has 0 spiro atoms. The second kappa shape index (κ2) is 12.6. The summed E-state index contributed by atoms with van der Waals surface area (Å²) in [7, 11) is 0. The van der Waals surface area contributed by atoms with Crippen LogP contribution >= 0.6 is 78.3 Å². The zero-order valence-corrected chi connectivity index (χ0v) is 26.6. The summed E-state index contributed by atoms with van der Waals surface area (Å²) >= 11 is 32.3. The molecule has 4 aromatic carbocycles. The van der Waals surface area contributed by atoms with E-state index in [4.69, 9.17) is 51.1 Å². The standard InChI is InChI=1S/C29H15Br2Cl4N3O3/c30-15-9-14(27(19(31)10-15)41-29(40)18-6-2-4-8-21(18)34)13-36-38-28(39)26-24(17-5-1-3-7-20(17)33)25-22(35)11-16(32)12-23(25)37-26/h1-13,37H,(H,38,39). The fraction of sp³-hybridized carbons (Fsp3) is 0. The third-order valence-corrected chi connectivity index (χ3v) is 8.10. The molecule has 41 heavy (non-hydrogen) atoms. The monoisotopic (exact) mass is 751 g/mol. The second-order valence-electron chi connectivity index (χ2n) is 8.54. The van der Waals surface area contributed by atoms with E-state index in [1.807, 2.05) is 0 Å². The summed E-state index contributed by atoms with van der Waals surface area (Å²) in [5.74, 6) is -1.04. The Hall–Kier alpha value is -2.85. The molecule has 0 bridgehead atoms. The Labute approximate surface area is 270 Å². The van der Waals surface area contributed by atoms with E-state index in [9.17, 15) is 9.59 Å². The van der Waals surface area contributed by atoms with Crippen LogP contribution in [0.15, 0.2) is 86.8 Å². The van der Waals surface area contributed by atoms with Crippen molar-refractivity contribution in [3.63, 3.8) is 0 Å². The number of aromatic nitrogens is 1.